The first-order valence-corrected chi connectivity index (χ1v) is 7.76. The van der Waals surface area contributed by atoms with Gasteiger partial charge in [-0.3, -0.25) is 4.90 Å². The number of urea groups is 1. The molecule has 0 aliphatic carbocycles. The predicted octanol–water partition coefficient (Wildman–Crippen LogP) is 1.24. The zero-order valence-electron chi connectivity index (χ0n) is 12.9. The standard InChI is InChI=1S/C15H25N3O3/c1-3-21-14(19)12-9-16-15(20)17-13(12)10-18-7-4-5-11(2)6-8-18/h11H,3-10H2,1-2H3,(H2,16,17,20)/t11-/m1/s1. The van der Waals surface area contributed by atoms with E-state index in [4.69, 9.17) is 4.74 Å². The Morgan fingerprint density at radius 1 is 1.38 bits per heavy atom. The fraction of sp³-hybridized carbons (Fsp3) is 0.733. The molecule has 2 N–H and O–H groups in total. The topological polar surface area (TPSA) is 70.7 Å². The largest absolute Gasteiger partial charge is 0.463 e. The summed E-state index contributed by atoms with van der Waals surface area (Å²) in [4.78, 5) is 25.8. The van der Waals surface area contributed by atoms with Crippen molar-refractivity contribution in [2.45, 2.75) is 33.1 Å². The van der Waals surface area contributed by atoms with Crippen molar-refractivity contribution < 1.29 is 14.3 Å². The summed E-state index contributed by atoms with van der Waals surface area (Å²) in [5.74, 6) is 0.402. The minimum absolute atomic E-state index is 0.240. The Hall–Kier alpha value is -1.56. The predicted molar refractivity (Wildman–Crippen MR) is 79.6 cm³/mol. The summed E-state index contributed by atoms with van der Waals surface area (Å²) in [6.07, 6.45) is 3.57. The van der Waals surface area contributed by atoms with E-state index in [0.29, 0.717) is 24.4 Å². The summed E-state index contributed by atoms with van der Waals surface area (Å²) in [6.45, 7) is 7.25. The summed E-state index contributed by atoms with van der Waals surface area (Å²) >= 11 is 0. The molecule has 2 heterocycles. The first-order chi connectivity index (χ1) is 10.1. The van der Waals surface area contributed by atoms with E-state index in [0.717, 1.165) is 31.8 Å². The van der Waals surface area contributed by atoms with E-state index in [-0.39, 0.29) is 18.5 Å². The second-order valence-corrected chi connectivity index (χ2v) is 5.80. The van der Waals surface area contributed by atoms with E-state index in [9.17, 15) is 9.59 Å². The summed E-state index contributed by atoms with van der Waals surface area (Å²) in [5, 5.41) is 5.40. The zero-order valence-corrected chi connectivity index (χ0v) is 12.9. The summed E-state index contributed by atoms with van der Waals surface area (Å²) < 4.78 is 5.07. The highest BCUT2D eigenvalue weighted by atomic mass is 16.5. The Balaban J connectivity index is 2.08. The molecular weight excluding hydrogens is 270 g/mol. The molecule has 0 saturated carbocycles. The van der Waals surface area contributed by atoms with Crippen LogP contribution in [0.4, 0.5) is 4.79 Å². The van der Waals surface area contributed by atoms with Crippen molar-refractivity contribution in [2.75, 3.05) is 32.8 Å². The molecule has 1 atom stereocenters. The molecule has 1 saturated heterocycles. The monoisotopic (exact) mass is 295 g/mol. The van der Waals surface area contributed by atoms with E-state index in [1.165, 1.54) is 6.42 Å². The number of likely N-dealkylation sites (tertiary alicyclic amines) is 1. The van der Waals surface area contributed by atoms with Crippen LogP contribution >= 0.6 is 0 Å². The number of carbonyl (C=O) groups excluding carboxylic acids is 2. The lowest BCUT2D eigenvalue weighted by molar-refractivity contribution is -0.138. The van der Waals surface area contributed by atoms with Gasteiger partial charge in [0.05, 0.1) is 18.7 Å². The Morgan fingerprint density at radius 3 is 2.95 bits per heavy atom. The molecular formula is C15H25N3O3. The van der Waals surface area contributed by atoms with E-state index in [1.807, 2.05) is 0 Å². The van der Waals surface area contributed by atoms with E-state index < -0.39 is 0 Å². The summed E-state index contributed by atoms with van der Waals surface area (Å²) in [5.41, 5.74) is 1.22. The molecule has 0 spiro atoms. The first-order valence-electron chi connectivity index (χ1n) is 7.76. The second kappa shape index (κ2) is 7.45. The molecule has 2 aliphatic heterocycles. The highest BCUT2D eigenvalue weighted by Gasteiger charge is 2.25. The van der Waals surface area contributed by atoms with Crippen LogP contribution in [0.1, 0.15) is 33.1 Å². The number of nitrogens with one attached hydrogen (secondary N) is 2. The summed E-state index contributed by atoms with van der Waals surface area (Å²) in [6, 6.07) is -0.249. The van der Waals surface area contributed by atoms with Crippen molar-refractivity contribution in [1.82, 2.24) is 15.5 Å². The van der Waals surface area contributed by atoms with Crippen molar-refractivity contribution in [3.05, 3.63) is 11.3 Å². The number of carbonyl (C=O) groups is 2. The van der Waals surface area contributed by atoms with E-state index in [2.05, 4.69) is 22.5 Å². The molecule has 0 unspecified atom stereocenters. The van der Waals surface area contributed by atoms with Gasteiger partial charge in [-0.15, -0.1) is 0 Å². The second-order valence-electron chi connectivity index (χ2n) is 5.80. The van der Waals surface area contributed by atoms with Crippen molar-refractivity contribution in [1.29, 1.82) is 0 Å². The maximum absolute atomic E-state index is 12.0. The highest BCUT2D eigenvalue weighted by molar-refractivity contribution is 5.93. The molecule has 6 nitrogen and oxygen atoms in total. The van der Waals surface area contributed by atoms with Crippen molar-refractivity contribution in [3.8, 4) is 0 Å². The molecule has 0 aromatic rings. The zero-order chi connectivity index (χ0) is 15.2. The van der Waals surface area contributed by atoms with Crippen LogP contribution in [0.5, 0.6) is 0 Å². The first kappa shape index (κ1) is 15.8. The molecule has 6 heteroatoms. The Bertz CT molecular complexity index is 434. The van der Waals surface area contributed by atoms with Gasteiger partial charge >= 0.3 is 12.0 Å². The lowest BCUT2D eigenvalue weighted by Gasteiger charge is -2.26. The molecule has 21 heavy (non-hydrogen) atoms. The van der Waals surface area contributed by atoms with E-state index in [1.54, 1.807) is 6.92 Å². The van der Waals surface area contributed by atoms with Crippen LogP contribution in [0.2, 0.25) is 0 Å². The molecule has 0 bridgehead atoms. The molecule has 2 amide bonds. The van der Waals surface area contributed by atoms with Gasteiger partial charge in [-0.1, -0.05) is 6.92 Å². The van der Waals surface area contributed by atoms with Gasteiger partial charge in [0.15, 0.2) is 0 Å². The average molecular weight is 295 g/mol. The van der Waals surface area contributed by atoms with Gasteiger partial charge in [-0.2, -0.15) is 0 Å². The normalized spacial score (nSPS) is 24.1. The highest BCUT2D eigenvalue weighted by Crippen LogP contribution is 2.18. The van der Waals surface area contributed by atoms with Crippen LogP contribution in [0.25, 0.3) is 0 Å². The van der Waals surface area contributed by atoms with Crippen molar-refractivity contribution in [3.63, 3.8) is 0 Å². The maximum Gasteiger partial charge on any atom is 0.337 e. The third-order valence-corrected chi connectivity index (χ3v) is 4.07. The third kappa shape index (κ3) is 4.46. The van der Waals surface area contributed by atoms with E-state index >= 15 is 0 Å². The molecule has 1 fully saturated rings. The van der Waals surface area contributed by atoms with Gasteiger partial charge < -0.3 is 15.4 Å². The van der Waals surface area contributed by atoms with Gasteiger partial charge in [0.25, 0.3) is 0 Å². The van der Waals surface area contributed by atoms with Gasteiger partial charge in [-0.05, 0) is 45.2 Å². The number of esters is 1. The molecule has 0 aromatic heterocycles. The lowest BCUT2D eigenvalue weighted by Crippen LogP contribution is -2.47. The Kier molecular flexibility index (Phi) is 5.61. The lowest BCUT2D eigenvalue weighted by atomic mass is 10.0. The number of ether oxygens (including phenoxy) is 1. The fourth-order valence-corrected chi connectivity index (χ4v) is 2.78. The van der Waals surface area contributed by atoms with Crippen LogP contribution in [0, 0.1) is 5.92 Å². The smallest absolute Gasteiger partial charge is 0.337 e. The SMILES string of the molecule is CCOC(=O)C1=C(CN2CCC[C@@H](C)CC2)NC(=O)NC1. The number of hydrogen-bond acceptors (Lipinski definition) is 4. The van der Waals surface area contributed by atoms with Crippen LogP contribution in [-0.2, 0) is 9.53 Å². The van der Waals surface area contributed by atoms with Crippen LogP contribution < -0.4 is 10.6 Å². The van der Waals surface area contributed by atoms with Gasteiger partial charge in [0.2, 0.25) is 0 Å². The van der Waals surface area contributed by atoms with Crippen LogP contribution in [-0.4, -0.2) is 49.7 Å². The third-order valence-electron chi connectivity index (χ3n) is 4.07. The fourth-order valence-electron chi connectivity index (χ4n) is 2.78. The van der Waals surface area contributed by atoms with Gasteiger partial charge in [-0.25, -0.2) is 9.59 Å². The minimum atomic E-state index is -0.344. The average Bonchev–Trinajstić information content (AvgIpc) is 2.64. The molecule has 2 rings (SSSR count). The Morgan fingerprint density at radius 2 is 2.19 bits per heavy atom. The van der Waals surface area contributed by atoms with Gasteiger partial charge in [0.1, 0.15) is 0 Å². The van der Waals surface area contributed by atoms with Crippen LogP contribution in [0.3, 0.4) is 0 Å². The molecule has 118 valence electrons. The number of hydrogen-bond donors (Lipinski definition) is 2. The Labute approximate surface area is 125 Å². The minimum Gasteiger partial charge on any atom is -0.463 e. The number of nitrogens with zero attached hydrogens (tertiary/aromatic N) is 1. The van der Waals surface area contributed by atoms with Crippen LogP contribution in [0.15, 0.2) is 11.3 Å². The molecule has 0 radical (unpaired) electrons. The number of amides is 2. The molecule has 2 aliphatic rings. The number of rotatable bonds is 4. The quantitative estimate of drug-likeness (QED) is 0.766. The summed E-state index contributed by atoms with van der Waals surface area (Å²) in [7, 11) is 0. The van der Waals surface area contributed by atoms with Gasteiger partial charge in [0, 0.05) is 12.2 Å². The van der Waals surface area contributed by atoms with Crippen molar-refractivity contribution in [2.24, 2.45) is 5.92 Å². The maximum atomic E-state index is 12.0. The molecule has 0 aromatic carbocycles. The van der Waals surface area contributed by atoms with Crippen molar-refractivity contribution >= 4 is 12.0 Å².